The van der Waals surface area contributed by atoms with Crippen LogP contribution in [0.1, 0.15) is 44.4 Å². The zero-order valence-electron chi connectivity index (χ0n) is 7.53. The summed E-state index contributed by atoms with van der Waals surface area (Å²) in [7, 11) is 0. The second-order valence-electron chi connectivity index (χ2n) is 3.02. The van der Waals surface area contributed by atoms with Crippen LogP contribution < -0.4 is 5.73 Å². The Morgan fingerprint density at radius 1 is 1.33 bits per heavy atom. The molecule has 0 aromatic carbocycles. The van der Waals surface area contributed by atoms with Crippen LogP contribution in [0.25, 0.3) is 0 Å². The van der Waals surface area contributed by atoms with E-state index in [1.54, 1.807) is 0 Å². The zero-order chi connectivity index (χ0) is 8.43. The van der Waals surface area contributed by atoms with Gasteiger partial charge in [0.1, 0.15) is 5.82 Å². The van der Waals surface area contributed by atoms with Crippen LogP contribution in [-0.4, -0.2) is 15.2 Å². The molecule has 12 heavy (non-hydrogen) atoms. The fourth-order valence-corrected chi connectivity index (χ4v) is 0.750. The number of hydrogen-bond acceptors (Lipinski definition) is 3. The maximum Gasteiger partial charge on any atom is 0.153 e. The first kappa shape index (κ1) is 11.4. The predicted octanol–water partition coefficient (Wildman–Crippen LogP) is 1.37. The van der Waals surface area contributed by atoms with Crippen LogP contribution >= 0.6 is 12.4 Å². The molecule has 0 spiro atoms. The van der Waals surface area contributed by atoms with Crippen molar-refractivity contribution in [3.63, 3.8) is 0 Å². The van der Waals surface area contributed by atoms with Crippen molar-refractivity contribution in [1.29, 1.82) is 0 Å². The fourth-order valence-electron chi connectivity index (χ4n) is 0.750. The summed E-state index contributed by atoms with van der Waals surface area (Å²) in [5, 5.41) is 6.82. The molecule has 1 heterocycles. The van der Waals surface area contributed by atoms with Gasteiger partial charge in [0.15, 0.2) is 5.82 Å². The van der Waals surface area contributed by atoms with Gasteiger partial charge in [-0.3, -0.25) is 5.10 Å². The highest BCUT2D eigenvalue weighted by atomic mass is 35.5. The van der Waals surface area contributed by atoms with Crippen molar-refractivity contribution < 1.29 is 0 Å². The normalized spacial score (nSPS) is 12.8. The molecule has 0 bridgehead atoms. The van der Waals surface area contributed by atoms with Crippen molar-refractivity contribution >= 4 is 12.4 Å². The van der Waals surface area contributed by atoms with E-state index in [2.05, 4.69) is 15.2 Å². The largest absolute Gasteiger partial charge is 0.322 e. The topological polar surface area (TPSA) is 67.6 Å². The first-order valence-electron chi connectivity index (χ1n) is 3.79. The molecule has 3 N–H and O–H groups in total. The third kappa shape index (κ3) is 2.46. The first-order chi connectivity index (χ1) is 5.11. The lowest BCUT2D eigenvalue weighted by molar-refractivity contribution is 0.741. The molecule has 0 fully saturated rings. The number of nitrogens with zero attached hydrogens (tertiary/aromatic N) is 2. The van der Waals surface area contributed by atoms with Crippen LogP contribution in [-0.2, 0) is 0 Å². The molecule has 0 amide bonds. The summed E-state index contributed by atoms with van der Waals surface area (Å²) in [4.78, 5) is 4.22. The van der Waals surface area contributed by atoms with Crippen LogP contribution in [0.15, 0.2) is 0 Å². The van der Waals surface area contributed by atoms with Crippen molar-refractivity contribution in [3.05, 3.63) is 11.6 Å². The second-order valence-corrected chi connectivity index (χ2v) is 3.02. The molecule has 1 aromatic heterocycles. The minimum atomic E-state index is -0.0602. The molecule has 0 saturated carbocycles. The summed E-state index contributed by atoms with van der Waals surface area (Å²) >= 11 is 0. The molecule has 1 aromatic rings. The maximum atomic E-state index is 5.59. The smallest absolute Gasteiger partial charge is 0.153 e. The number of aromatic amines is 1. The Labute approximate surface area is 78.4 Å². The molecule has 0 aliphatic heterocycles. The zero-order valence-corrected chi connectivity index (χ0v) is 8.35. The molecular weight excluding hydrogens is 176 g/mol. The molecule has 1 rings (SSSR count). The first-order valence-corrected chi connectivity index (χ1v) is 3.79. The molecule has 0 aliphatic rings. The summed E-state index contributed by atoms with van der Waals surface area (Å²) in [6.07, 6.45) is 0. The van der Waals surface area contributed by atoms with Gasteiger partial charge >= 0.3 is 0 Å². The Hall–Kier alpha value is -0.610. The third-order valence-corrected chi connectivity index (χ3v) is 1.47. The van der Waals surface area contributed by atoms with Crippen molar-refractivity contribution in [2.24, 2.45) is 5.73 Å². The lowest BCUT2D eigenvalue weighted by Gasteiger charge is -1.97. The van der Waals surface area contributed by atoms with Crippen molar-refractivity contribution in [2.75, 3.05) is 0 Å². The average molecular weight is 191 g/mol. The van der Waals surface area contributed by atoms with Crippen LogP contribution in [0.2, 0.25) is 0 Å². The van der Waals surface area contributed by atoms with Gasteiger partial charge < -0.3 is 5.73 Å². The predicted molar refractivity (Wildman–Crippen MR) is 50.3 cm³/mol. The van der Waals surface area contributed by atoms with Gasteiger partial charge in [-0.05, 0) is 6.92 Å². The van der Waals surface area contributed by atoms with Gasteiger partial charge in [0.2, 0.25) is 0 Å². The number of rotatable bonds is 2. The van der Waals surface area contributed by atoms with E-state index < -0.39 is 0 Å². The molecule has 70 valence electrons. The van der Waals surface area contributed by atoms with Crippen LogP contribution in [0.4, 0.5) is 0 Å². The number of H-pyrrole nitrogens is 1. The third-order valence-electron chi connectivity index (χ3n) is 1.47. The van der Waals surface area contributed by atoms with E-state index in [0.717, 1.165) is 11.6 Å². The molecule has 0 radical (unpaired) electrons. The monoisotopic (exact) mass is 190 g/mol. The van der Waals surface area contributed by atoms with E-state index in [9.17, 15) is 0 Å². The van der Waals surface area contributed by atoms with Crippen LogP contribution in [0.5, 0.6) is 0 Å². The van der Waals surface area contributed by atoms with Crippen molar-refractivity contribution in [1.82, 2.24) is 15.2 Å². The van der Waals surface area contributed by atoms with Crippen LogP contribution in [0, 0.1) is 0 Å². The Balaban J connectivity index is 0.00000121. The summed E-state index contributed by atoms with van der Waals surface area (Å²) in [5.41, 5.74) is 5.59. The van der Waals surface area contributed by atoms with E-state index in [1.165, 1.54) is 0 Å². The van der Waals surface area contributed by atoms with Gasteiger partial charge in [0, 0.05) is 5.92 Å². The van der Waals surface area contributed by atoms with E-state index >= 15 is 0 Å². The molecule has 4 nitrogen and oxygen atoms in total. The number of halogens is 1. The number of nitrogens with one attached hydrogen (secondary N) is 1. The fraction of sp³-hybridized carbons (Fsp3) is 0.714. The summed E-state index contributed by atoms with van der Waals surface area (Å²) < 4.78 is 0. The highest BCUT2D eigenvalue weighted by Crippen LogP contribution is 2.10. The standard InChI is InChI=1S/C7H14N4.ClH/c1-4(2)6-9-7(5(3)8)11-10-6;/h4-5H,8H2,1-3H3,(H,9,10,11);1H. The maximum absolute atomic E-state index is 5.59. The number of aromatic nitrogens is 3. The van der Waals surface area contributed by atoms with Gasteiger partial charge in [-0.2, -0.15) is 5.10 Å². The summed E-state index contributed by atoms with van der Waals surface area (Å²) in [6.45, 7) is 5.98. The Bertz CT molecular complexity index is 209. The lowest BCUT2D eigenvalue weighted by atomic mass is 10.2. The SMILES string of the molecule is CC(C)c1n[nH]c(C(C)N)n1.Cl. The molecule has 5 heteroatoms. The summed E-state index contributed by atoms with van der Waals surface area (Å²) in [5.74, 6) is 1.95. The van der Waals surface area contributed by atoms with Gasteiger partial charge in [-0.1, -0.05) is 13.8 Å². The lowest BCUT2D eigenvalue weighted by Crippen LogP contribution is -2.06. The molecular formula is C7H15ClN4. The van der Waals surface area contributed by atoms with Crippen molar-refractivity contribution in [3.8, 4) is 0 Å². The second kappa shape index (κ2) is 4.42. The molecule has 1 atom stereocenters. The molecule has 1 unspecified atom stereocenters. The number of nitrogens with two attached hydrogens (primary N) is 1. The van der Waals surface area contributed by atoms with E-state index in [4.69, 9.17) is 5.73 Å². The summed E-state index contributed by atoms with van der Waals surface area (Å²) in [6, 6.07) is -0.0602. The Morgan fingerprint density at radius 2 is 1.92 bits per heavy atom. The van der Waals surface area contributed by atoms with Gasteiger partial charge in [-0.15, -0.1) is 12.4 Å². The highest BCUT2D eigenvalue weighted by molar-refractivity contribution is 5.85. The average Bonchev–Trinajstić information content (AvgIpc) is 2.33. The Kier molecular flexibility index (Phi) is 4.20. The molecule has 0 aliphatic carbocycles. The quantitative estimate of drug-likeness (QED) is 0.740. The van der Waals surface area contributed by atoms with E-state index in [-0.39, 0.29) is 18.4 Å². The van der Waals surface area contributed by atoms with E-state index in [1.807, 2.05) is 20.8 Å². The minimum absolute atomic E-state index is 0. The van der Waals surface area contributed by atoms with Gasteiger partial charge in [0.25, 0.3) is 0 Å². The molecule has 0 saturated heterocycles. The van der Waals surface area contributed by atoms with Crippen LogP contribution in [0.3, 0.4) is 0 Å². The Morgan fingerprint density at radius 3 is 2.17 bits per heavy atom. The minimum Gasteiger partial charge on any atom is -0.322 e. The van der Waals surface area contributed by atoms with E-state index in [0.29, 0.717) is 5.92 Å². The van der Waals surface area contributed by atoms with Gasteiger partial charge in [-0.25, -0.2) is 4.98 Å². The highest BCUT2D eigenvalue weighted by Gasteiger charge is 2.08. The van der Waals surface area contributed by atoms with Crippen molar-refractivity contribution in [2.45, 2.75) is 32.7 Å². The van der Waals surface area contributed by atoms with Gasteiger partial charge in [0.05, 0.1) is 6.04 Å². The number of hydrogen-bond donors (Lipinski definition) is 2.